The number of hydrogen-bond donors (Lipinski definition) is 2. The van der Waals surface area contributed by atoms with E-state index in [0.29, 0.717) is 22.3 Å². The Morgan fingerprint density at radius 1 is 0.875 bits per heavy atom. The number of esters is 2. The summed E-state index contributed by atoms with van der Waals surface area (Å²) < 4.78 is 10.7. The van der Waals surface area contributed by atoms with Gasteiger partial charge in [-0.2, -0.15) is 0 Å². The number of phenols is 2. The van der Waals surface area contributed by atoms with Gasteiger partial charge in [-0.15, -0.1) is 0 Å². The molecule has 2 heterocycles. The Kier molecular flexibility index (Phi) is 2.73. The van der Waals surface area contributed by atoms with Gasteiger partial charge < -0.3 is 19.7 Å². The van der Waals surface area contributed by atoms with Gasteiger partial charge in [-0.1, -0.05) is 12.1 Å². The van der Waals surface area contributed by atoms with Crippen LogP contribution in [0.1, 0.15) is 28.7 Å². The number of benzene rings is 2. The predicted molar refractivity (Wildman–Crippen MR) is 82.4 cm³/mol. The van der Waals surface area contributed by atoms with Crippen LogP contribution in [0.5, 0.6) is 23.0 Å². The second kappa shape index (κ2) is 4.50. The van der Waals surface area contributed by atoms with Crippen LogP contribution in [0.15, 0.2) is 24.3 Å². The van der Waals surface area contributed by atoms with Gasteiger partial charge >= 0.3 is 11.9 Å². The van der Waals surface area contributed by atoms with E-state index >= 15 is 0 Å². The highest BCUT2D eigenvalue weighted by Crippen LogP contribution is 2.54. The molecule has 2 aromatic carbocycles. The highest BCUT2D eigenvalue weighted by Gasteiger charge is 2.56. The van der Waals surface area contributed by atoms with Crippen molar-refractivity contribution in [3.8, 4) is 23.0 Å². The van der Waals surface area contributed by atoms with Gasteiger partial charge in [-0.3, -0.25) is 9.59 Å². The number of ether oxygens (including phenoxy) is 2. The molecule has 2 N–H and O–H groups in total. The maximum atomic E-state index is 12.8. The standard InChI is InChI=1S/C18H14O6/c1-8-12(19)5-3-10-15(8)23-14(21)7-18(10)11-4-6-13(20)9(2)16(11)24-17(18)22/h3-6,19-20H,7H2,1-2H3. The summed E-state index contributed by atoms with van der Waals surface area (Å²) in [5.41, 5.74) is 0.499. The normalized spacial score (nSPS) is 21.2. The van der Waals surface area contributed by atoms with Crippen LogP contribution < -0.4 is 9.47 Å². The maximum absolute atomic E-state index is 12.8. The van der Waals surface area contributed by atoms with Crippen molar-refractivity contribution in [1.82, 2.24) is 0 Å². The Bertz CT molecular complexity index is 930. The van der Waals surface area contributed by atoms with Gasteiger partial charge in [0, 0.05) is 22.3 Å². The summed E-state index contributed by atoms with van der Waals surface area (Å²) in [4.78, 5) is 25.0. The van der Waals surface area contributed by atoms with E-state index in [9.17, 15) is 19.8 Å². The molecule has 0 radical (unpaired) electrons. The fourth-order valence-electron chi connectivity index (χ4n) is 3.47. The third-order valence-corrected chi connectivity index (χ3v) is 4.84. The second-order valence-electron chi connectivity index (χ2n) is 6.12. The van der Waals surface area contributed by atoms with Crippen molar-refractivity contribution in [3.05, 3.63) is 46.5 Å². The van der Waals surface area contributed by atoms with E-state index in [1.807, 2.05) is 0 Å². The van der Waals surface area contributed by atoms with Gasteiger partial charge in [-0.25, -0.2) is 0 Å². The molecule has 2 aromatic rings. The van der Waals surface area contributed by atoms with Crippen LogP contribution in [0.2, 0.25) is 0 Å². The molecular formula is C18H14O6. The summed E-state index contributed by atoms with van der Waals surface area (Å²) in [6, 6.07) is 6.11. The lowest BCUT2D eigenvalue weighted by Crippen LogP contribution is -2.42. The molecule has 0 amide bonds. The first-order valence-corrected chi connectivity index (χ1v) is 7.45. The quantitative estimate of drug-likeness (QED) is 0.570. The van der Waals surface area contributed by atoms with E-state index in [4.69, 9.17) is 9.47 Å². The van der Waals surface area contributed by atoms with E-state index < -0.39 is 17.4 Å². The lowest BCUT2D eigenvalue weighted by molar-refractivity contribution is -0.145. The first kappa shape index (κ1) is 14.6. The molecule has 0 bridgehead atoms. The fourth-order valence-corrected chi connectivity index (χ4v) is 3.47. The molecule has 6 nitrogen and oxygen atoms in total. The van der Waals surface area contributed by atoms with Crippen molar-refractivity contribution < 1.29 is 29.3 Å². The molecule has 4 rings (SSSR count). The third kappa shape index (κ3) is 1.60. The summed E-state index contributed by atoms with van der Waals surface area (Å²) in [5, 5.41) is 19.8. The minimum Gasteiger partial charge on any atom is -0.508 e. The Morgan fingerprint density at radius 2 is 1.38 bits per heavy atom. The number of aromatic hydroxyl groups is 2. The van der Waals surface area contributed by atoms with Crippen molar-refractivity contribution in [2.75, 3.05) is 0 Å². The van der Waals surface area contributed by atoms with Gasteiger partial charge in [0.1, 0.15) is 28.4 Å². The SMILES string of the molecule is Cc1c(O)ccc2c1OC(=O)CC21C(=O)Oc2c1ccc(O)c2C. The van der Waals surface area contributed by atoms with Crippen molar-refractivity contribution in [1.29, 1.82) is 0 Å². The molecule has 0 fully saturated rings. The number of carbonyl (C=O) groups excluding carboxylic acids is 2. The Morgan fingerprint density at radius 3 is 1.92 bits per heavy atom. The van der Waals surface area contributed by atoms with Crippen LogP contribution in [0.4, 0.5) is 0 Å². The number of carbonyl (C=O) groups is 2. The molecule has 2 aliphatic rings. The Labute approximate surface area is 137 Å². The summed E-state index contributed by atoms with van der Waals surface area (Å²) in [6.45, 7) is 3.26. The Hall–Kier alpha value is -3.02. The zero-order valence-corrected chi connectivity index (χ0v) is 13.0. The molecule has 2 aliphatic heterocycles. The van der Waals surface area contributed by atoms with Crippen LogP contribution in [-0.4, -0.2) is 22.2 Å². The van der Waals surface area contributed by atoms with Crippen molar-refractivity contribution in [2.24, 2.45) is 0 Å². The van der Waals surface area contributed by atoms with E-state index in [1.54, 1.807) is 26.0 Å². The van der Waals surface area contributed by atoms with Crippen LogP contribution >= 0.6 is 0 Å². The number of rotatable bonds is 0. The van der Waals surface area contributed by atoms with Crippen molar-refractivity contribution >= 4 is 11.9 Å². The zero-order valence-electron chi connectivity index (χ0n) is 13.0. The first-order valence-electron chi connectivity index (χ1n) is 7.45. The van der Waals surface area contributed by atoms with Gasteiger partial charge in [0.25, 0.3) is 0 Å². The Balaban J connectivity index is 2.08. The van der Waals surface area contributed by atoms with Crippen LogP contribution in [0.25, 0.3) is 0 Å². The topological polar surface area (TPSA) is 93.1 Å². The van der Waals surface area contributed by atoms with Crippen molar-refractivity contribution in [2.45, 2.75) is 25.7 Å². The smallest absolute Gasteiger partial charge is 0.327 e. The van der Waals surface area contributed by atoms with Crippen LogP contribution in [0, 0.1) is 13.8 Å². The van der Waals surface area contributed by atoms with E-state index in [2.05, 4.69) is 0 Å². The van der Waals surface area contributed by atoms with Crippen molar-refractivity contribution in [3.63, 3.8) is 0 Å². The largest absolute Gasteiger partial charge is 0.508 e. The molecule has 1 spiro atoms. The minimum atomic E-state index is -1.32. The molecule has 6 heteroatoms. The van der Waals surface area contributed by atoms with Gasteiger partial charge in [0.05, 0.1) is 6.42 Å². The van der Waals surface area contributed by atoms with Crippen LogP contribution in [-0.2, 0) is 15.0 Å². The van der Waals surface area contributed by atoms with Gasteiger partial charge in [0.2, 0.25) is 0 Å². The van der Waals surface area contributed by atoms with E-state index in [0.717, 1.165) is 0 Å². The minimum absolute atomic E-state index is 0.0131. The predicted octanol–water partition coefficient (Wildman–Crippen LogP) is 2.23. The third-order valence-electron chi connectivity index (χ3n) is 4.84. The maximum Gasteiger partial charge on any atom is 0.327 e. The number of phenolic OH excluding ortho intramolecular Hbond substituents is 2. The molecule has 1 unspecified atom stereocenters. The summed E-state index contributed by atoms with van der Waals surface area (Å²) in [6.07, 6.45) is -0.194. The van der Waals surface area contributed by atoms with E-state index in [-0.39, 0.29) is 29.4 Å². The van der Waals surface area contributed by atoms with Crippen LogP contribution in [0.3, 0.4) is 0 Å². The lowest BCUT2D eigenvalue weighted by atomic mass is 9.70. The molecule has 0 aliphatic carbocycles. The first-order chi connectivity index (χ1) is 11.4. The molecule has 24 heavy (non-hydrogen) atoms. The van der Waals surface area contributed by atoms with Gasteiger partial charge in [-0.05, 0) is 26.0 Å². The summed E-state index contributed by atoms with van der Waals surface area (Å²) in [7, 11) is 0. The molecule has 0 saturated heterocycles. The zero-order chi connectivity index (χ0) is 17.2. The molecule has 0 aromatic heterocycles. The fraction of sp³-hybridized carbons (Fsp3) is 0.222. The molecule has 122 valence electrons. The molecule has 0 saturated carbocycles. The molecular weight excluding hydrogens is 312 g/mol. The highest BCUT2D eigenvalue weighted by molar-refractivity contribution is 6.01. The summed E-state index contributed by atoms with van der Waals surface area (Å²) in [5.74, 6) is -0.722. The summed E-state index contributed by atoms with van der Waals surface area (Å²) >= 11 is 0. The second-order valence-corrected chi connectivity index (χ2v) is 6.12. The number of hydrogen-bond acceptors (Lipinski definition) is 6. The average Bonchev–Trinajstić information content (AvgIpc) is 2.81. The monoisotopic (exact) mass is 326 g/mol. The van der Waals surface area contributed by atoms with Gasteiger partial charge in [0.15, 0.2) is 0 Å². The van der Waals surface area contributed by atoms with E-state index in [1.165, 1.54) is 12.1 Å². The molecule has 1 atom stereocenters. The average molecular weight is 326 g/mol. The number of fused-ring (bicyclic) bond motifs is 4. The highest BCUT2D eigenvalue weighted by atomic mass is 16.6. The lowest BCUT2D eigenvalue weighted by Gasteiger charge is -2.32.